The molecule has 0 aliphatic carbocycles. The van der Waals surface area contributed by atoms with E-state index in [0.29, 0.717) is 22.4 Å². The number of rotatable bonds is 2. The number of likely N-dealkylation sites (tertiary alicyclic amines) is 1. The minimum atomic E-state index is 0.000463. The van der Waals surface area contributed by atoms with Crippen LogP contribution >= 0.6 is 0 Å². The van der Waals surface area contributed by atoms with Gasteiger partial charge in [-0.2, -0.15) is 5.10 Å². The first kappa shape index (κ1) is 15.8. The summed E-state index contributed by atoms with van der Waals surface area (Å²) in [4.78, 5) is 19.7. The minimum absolute atomic E-state index is 0.000463. The van der Waals surface area contributed by atoms with E-state index in [-0.39, 0.29) is 11.9 Å². The smallest absolute Gasteiger partial charge is 0.258 e. The Morgan fingerprint density at radius 2 is 2.16 bits per heavy atom. The van der Waals surface area contributed by atoms with Gasteiger partial charge < -0.3 is 9.42 Å². The number of carbonyl (C=O) groups excluding carboxylic acids is 1. The standard InChI is InChI=1S/C18H21N5O2/c1-10-9-19-21-16(10)14-6-4-5-7-23(14)18(24)13-8-11(2)20-17-15(13)12(3)22-25-17/h8-9,14H,4-7H2,1-3H3,(H,19,21)/t14-/m1/s1. The van der Waals surface area contributed by atoms with Crippen LogP contribution in [0.15, 0.2) is 16.8 Å². The zero-order chi connectivity index (χ0) is 17.6. The maximum atomic E-state index is 13.4. The fraction of sp³-hybridized carbons (Fsp3) is 0.444. The Hall–Kier alpha value is -2.70. The second-order valence-electron chi connectivity index (χ2n) is 6.74. The monoisotopic (exact) mass is 339 g/mol. The molecule has 4 rings (SSSR count). The highest BCUT2D eigenvalue weighted by Gasteiger charge is 2.32. The lowest BCUT2D eigenvalue weighted by molar-refractivity contribution is 0.0607. The molecule has 3 aromatic rings. The largest absolute Gasteiger partial charge is 0.336 e. The van der Waals surface area contributed by atoms with Gasteiger partial charge in [0.2, 0.25) is 0 Å². The van der Waals surface area contributed by atoms with Crippen molar-refractivity contribution in [2.75, 3.05) is 6.54 Å². The third kappa shape index (κ3) is 2.59. The van der Waals surface area contributed by atoms with E-state index in [9.17, 15) is 4.79 Å². The lowest BCUT2D eigenvalue weighted by Crippen LogP contribution is -2.39. The molecule has 1 fully saturated rings. The van der Waals surface area contributed by atoms with E-state index < -0.39 is 0 Å². The third-order valence-electron chi connectivity index (χ3n) is 4.94. The zero-order valence-electron chi connectivity index (χ0n) is 14.7. The highest BCUT2D eigenvalue weighted by atomic mass is 16.5. The van der Waals surface area contributed by atoms with Crippen LogP contribution in [0.2, 0.25) is 0 Å². The number of aromatic nitrogens is 4. The molecule has 130 valence electrons. The van der Waals surface area contributed by atoms with Crippen LogP contribution in [0, 0.1) is 20.8 Å². The molecule has 0 spiro atoms. The van der Waals surface area contributed by atoms with E-state index in [2.05, 4.69) is 20.3 Å². The molecule has 1 aliphatic heterocycles. The molecule has 4 heterocycles. The van der Waals surface area contributed by atoms with Gasteiger partial charge in [-0.1, -0.05) is 5.16 Å². The Morgan fingerprint density at radius 1 is 1.32 bits per heavy atom. The molecule has 1 saturated heterocycles. The van der Waals surface area contributed by atoms with Crippen LogP contribution in [-0.2, 0) is 0 Å². The van der Waals surface area contributed by atoms with Crippen molar-refractivity contribution < 1.29 is 9.32 Å². The summed E-state index contributed by atoms with van der Waals surface area (Å²) in [5, 5.41) is 11.9. The first-order valence-corrected chi connectivity index (χ1v) is 8.60. The summed E-state index contributed by atoms with van der Waals surface area (Å²) >= 11 is 0. The van der Waals surface area contributed by atoms with Crippen molar-refractivity contribution in [2.45, 2.75) is 46.1 Å². The van der Waals surface area contributed by atoms with E-state index in [0.717, 1.165) is 42.8 Å². The van der Waals surface area contributed by atoms with Gasteiger partial charge in [-0.05, 0) is 51.7 Å². The number of nitrogens with one attached hydrogen (secondary N) is 1. The average molecular weight is 339 g/mol. The Kier molecular flexibility index (Phi) is 3.78. The molecule has 7 nitrogen and oxygen atoms in total. The molecule has 0 bridgehead atoms. The number of piperidine rings is 1. The molecule has 0 aromatic carbocycles. The predicted octanol–water partition coefficient (Wildman–Crippen LogP) is 3.24. The average Bonchev–Trinajstić information content (AvgIpc) is 3.19. The highest BCUT2D eigenvalue weighted by molar-refractivity contribution is 6.06. The lowest BCUT2D eigenvalue weighted by Gasteiger charge is -2.35. The molecule has 0 saturated carbocycles. The molecule has 1 atom stereocenters. The SMILES string of the molecule is Cc1cc(C(=O)N2CCCC[C@@H]2c2[nH]ncc2C)c2c(C)noc2n1. The fourth-order valence-electron chi connectivity index (χ4n) is 3.71. The van der Waals surface area contributed by atoms with Crippen LogP contribution in [0.3, 0.4) is 0 Å². The van der Waals surface area contributed by atoms with E-state index in [1.165, 1.54) is 0 Å². The summed E-state index contributed by atoms with van der Waals surface area (Å²) in [6.07, 6.45) is 4.85. The van der Waals surface area contributed by atoms with Gasteiger partial charge >= 0.3 is 0 Å². The highest BCUT2D eigenvalue weighted by Crippen LogP contribution is 2.34. The van der Waals surface area contributed by atoms with Crippen molar-refractivity contribution in [1.82, 2.24) is 25.2 Å². The van der Waals surface area contributed by atoms with Crippen LogP contribution in [0.1, 0.15) is 58.3 Å². The Bertz CT molecular complexity index is 942. The van der Waals surface area contributed by atoms with Crippen molar-refractivity contribution in [3.8, 4) is 0 Å². The van der Waals surface area contributed by atoms with Crippen LogP contribution in [0.4, 0.5) is 0 Å². The number of carbonyl (C=O) groups is 1. The number of fused-ring (bicyclic) bond motifs is 1. The number of aromatic amines is 1. The molecule has 7 heteroatoms. The Balaban J connectivity index is 1.79. The summed E-state index contributed by atoms with van der Waals surface area (Å²) < 4.78 is 5.28. The quantitative estimate of drug-likeness (QED) is 0.774. The molecule has 25 heavy (non-hydrogen) atoms. The number of pyridine rings is 1. The van der Waals surface area contributed by atoms with Crippen molar-refractivity contribution in [3.63, 3.8) is 0 Å². The number of H-pyrrole nitrogens is 1. The van der Waals surface area contributed by atoms with Crippen molar-refractivity contribution in [3.05, 3.63) is 40.5 Å². The first-order chi connectivity index (χ1) is 12.1. The molecule has 0 radical (unpaired) electrons. The predicted molar refractivity (Wildman–Crippen MR) is 92.2 cm³/mol. The lowest BCUT2D eigenvalue weighted by atomic mass is 9.96. The fourth-order valence-corrected chi connectivity index (χ4v) is 3.71. The second-order valence-corrected chi connectivity index (χ2v) is 6.74. The number of hydrogen-bond acceptors (Lipinski definition) is 5. The second kappa shape index (κ2) is 5.98. The van der Waals surface area contributed by atoms with Crippen LogP contribution in [-0.4, -0.2) is 37.7 Å². The minimum Gasteiger partial charge on any atom is -0.336 e. The maximum absolute atomic E-state index is 13.4. The van der Waals surface area contributed by atoms with E-state index in [1.54, 1.807) is 0 Å². The summed E-state index contributed by atoms with van der Waals surface area (Å²) in [5.41, 5.74) is 4.59. The Morgan fingerprint density at radius 3 is 2.92 bits per heavy atom. The van der Waals surface area contributed by atoms with Gasteiger partial charge in [-0.15, -0.1) is 0 Å². The third-order valence-corrected chi connectivity index (χ3v) is 4.94. The van der Waals surface area contributed by atoms with Gasteiger partial charge in [0.15, 0.2) is 0 Å². The van der Waals surface area contributed by atoms with Crippen LogP contribution < -0.4 is 0 Å². The summed E-state index contributed by atoms with van der Waals surface area (Å²) in [7, 11) is 0. The van der Waals surface area contributed by atoms with E-state index in [4.69, 9.17) is 4.52 Å². The summed E-state index contributed by atoms with van der Waals surface area (Å²) in [6.45, 7) is 6.46. The summed E-state index contributed by atoms with van der Waals surface area (Å²) in [5.74, 6) is 0.000463. The van der Waals surface area contributed by atoms with Gasteiger partial charge in [-0.3, -0.25) is 9.89 Å². The van der Waals surface area contributed by atoms with Gasteiger partial charge in [0, 0.05) is 12.2 Å². The number of aryl methyl sites for hydroxylation is 3. The van der Waals surface area contributed by atoms with E-state index >= 15 is 0 Å². The van der Waals surface area contributed by atoms with Gasteiger partial charge in [-0.25, -0.2) is 4.98 Å². The van der Waals surface area contributed by atoms with Crippen molar-refractivity contribution >= 4 is 17.0 Å². The number of hydrogen-bond donors (Lipinski definition) is 1. The molecule has 0 unspecified atom stereocenters. The first-order valence-electron chi connectivity index (χ1n) is 8.60. The van der Waals surface area contributed by atoms with E-state index in [1.807, 2.05) is 37.9 Å². The van der Waals surface area contributed by atoms with Crippen LogP contribution in [0.25, 0.3) is 11.1 Å². The molecular weight excluding hydrogens is 318 g/mol. The number of amides is 1. The summed E-state index contributed by atoms with van der Waals surface area (Å²) in [6, 6.07) is 1.85. The number of nitrogens with zero attached hydrogens (tertiary/aromatic N) is 4. The maximum Gasteiger partial charge on any atom is 0.258 e. The molecule has 1 amide bonds. The topological polar surface area (TPSA) is 87.9 Å². The Labute approximate surface area is 145 Å². The van der Waals surface area contributed by atoms with Gasteiger partial charge in [0.1, 0.15) is 0 Å². The van der Waals surface area contributed by atoms with Gasteiger partial charge in [0.25, 0.3) is 11.6 Å². The molecular formula is C18H21N5O2. The molecule has 1 N–H and O–H groups in total. The molecule has 3 aromatic heterocycles. The van der Waals surface area contributed by atoms with Crippen molar-refractivity contribution in [2.24, 2.45) is 0 Å². The van der Waals surface area contributed by atoms with Gasteiger partial charge in [0.05, 0.1) is 34.6 Å². The molecule has 1 aliphatic rings. The normalized spacial score (nSPS) is 18.0. The van der Waals surface area contributed by atoms with Crippen molar-refractivity contribution in [1.29, 1.82) is 0 Å². The zero-order valence-corrected chi connectivity index (χ0v) is 14.7. The van der Waals surface area contributed by atoms with Crippen LogP contribution in [0.5, 0.6) is 0 Å².